The SMILES string of the molecule is Cc1ccc(NC(=S)NC(=O)C(C)Oc2ccc(Cl)cc2Cl)cc1C. The smallest absolute Gasteiger partial charge is 0.266 e. The minimum atomic E-state index is -0.779. The topological polar surface area (TPSA) is 50.4 Å². The fourth-order valence-electron chi connectivity index (χ4n) is 2.01. The van der Waals surface area contributed by atoms with Gasteiger partial charge in [0, 0.05) is 10.7 Å². The van der Waals surface area contributed by atoms with Crippen LogP contribution in [0.25, 0.3) is 0 Å². The number of anilines is 1. The van der Waals surface area contributed by atoms with Gasteiger partial charge in [0.2, 0.25) is 0 Å². The van der Waals surface area contributed by atoms with Crippen molar-refractivity contribution in [2.45, 2.75) is 26.9 Å². The summed E-state index contributed by atoms with van der Waals surface area (Å²) in [6.45, 7) is 5.65. The molecule has 2 rings (SSSR count). The number of carbonyl (C=O) groups is 1. The van der Waals surface area contributed by atoms with Gasteiger partial charge >= 0.3 is 0 Å². The first-order valence-electron chi connectivity index (χ1n) is 7.57. The first-order valence-corrected chi connectivity index (χ1v) is 8.73. The molecule has 0 spiro atoms. The molecule has 1 amide bonds. The van der Waals surface area contributed by atoms with Crippen LogP contribution in [0.1, 0.15) is 18.1 Å². The van der Waals surface area contributed by atoms with Gasteiger partial charge < -0.3 is 10.1 Å². The van der Waals surface area contributed by atoms with Crippen LogP contribution < -0.4 is 15.4 Å². The molecule has 132 valence electrons. The lowest BCUT2D eigenvalue weighted by Crippen LogP contribution is -2.42. The molecule has 4 nitrogen and oxygen atoms in total. The van der Waals surface area contributed by atoms with E-state index >= 15 is 0 Å². The summed E-state index contributed by atoms with van der Waals surface area (Å²) in [5.41, 5.74) is 3.12. The van der Waals surface area contributed by atoms with Crippen LogP contribution in [0.2, 0.25) is 10.0 Å². The second-order valence-corrected chi connectivity index (χ2v) is 6.83. The van der Waals surface area contributed by atoms with Gasteiger partial charge in [0.15, 0.2) is 11.2 Å². The number of amides is 1. The monoisotopic (exact) mass is 396 g/mol. The van der Waals surface area contributed by atoms with E-state index in [0.29, 0.717) is 15.8 Å². The van der Waals surface area contributed by atoms with Crippen molar-refractivity contribution in [3.63, 3.8) is 0 Å². The minimum absolute atomic E-state index is 0.200. The molecule has 2 aromatic carbocycles. The van der Waals surface area contributed by atoms with Gasteiger partial charge in [-0.15, -0.1) is 0 Å². The molecule has 1 atom stereocenters. The van der Waals surface area contributed by atoms with Crippen molar-refractivity contribution in [1.82, 2.24) is 5.32 Å². The maximum atomic E-state index is 12.2. The Bertz CT molecular complexity index is 812. The normalized spacial score (nSPS) is 11.6. The average molecular weight is 397 g/mol. The largest absolute Gasteiger partial charge is 0.479 e. The van der Waals surface area contributed by atoms with Crippen LogP contribution in [-0.2, 0) is 4.79 Å². The third kappa shape index (κ3) is 5.59. The Hall–Kier alpha value is -1.82. The van der Waals surface area contributed by atoms with Crippen molar-refractivity contribution in [3.8, 4) is 5.75 Å². The zero-order valence-electron chi connectivity index (χ0n) is 14.0. The summed E-state index contributed by atoms with van der Waals surface area (Å²) < 4.78 is 5.56. The van der Waals surface area contributed by atoms with E-state index in [1.807, 2.05) is 32.0 Å². The summed E-state index contributed by atoms with van der Waals surface area (Å²) in [5.74, 6) is -0.00546. The molecule has 0 heterocycles. The molecular weight excluding hydrogens is 379 g/mol. The standard InChI is InChI=1S/C18H18Cl2N2O2S/c1-10-4-6-14(8-11(10)2)21-18(25)22-17(23)12(3)24-16-7-5-13(19)9-15(16)20/h4-9,12H,1-3H3,(H2,21,22,23,25). The van der Waals surface area contributed by atoms with E-state index in [9.17, 15) is 4.79 Å². The number of halogens is 2. The van der Waals surface area contributed by atoms with E-state index in [4.69, 9.17) is 40.2 Å². The van der Waals surface area contributed by atoms with Gasteiger partial charge in [0.1, 0.15) is 5.75 Å². The molecule has 2 aromatic rings. The molecule has 0 aromatic heterocycles. The van der Waals surface area contributed by atoms with Gasteiger partial charge in [0.25, 0.3) is 5.91 Å². The zero-order valence-corrected chi connectivity index (χ0v) is 16.4. The Kier molecular flexibility index (Phi) is 6.64. The molecule has 0 aliphatic rings. The summed E-state index contributed by atoms with van der Waals surface area (Å²) in [6.07, 6.45) is -0.779. The third-order valence-corrected chi connectivity index (χ3v) is 4.30. The molecule has 0 radical (unpaired) electrons. The quantitative estimate of drug-likeness (QED) is 0.722. The zero-order chi connectivity index (χ0) is 18.6. The molecular formula is C18H18Cl2N2O2S. The van der Waals surface area contributed by atoms with Crippen molar-refractivity contribution in [2.75, 3.05) is 5.32 Å². The highest BCUT2D eigenvalue weighted by Crippen LogP contribution is 2.28. The van der Waals surface area contributed by atoms with Crippen LogP contribution in [0.3, 0.4) is 0 Å². The van der Waals surface area contributed by atoms with Gasteiger partial charge in [-0.2, -0.15) is 0 Å². The number of benzene rings is 2. The number of hydrogen-bond acceptors (Lipinski definition) is 3. The Morgan fingerprint density at radius 3 is 2.48 bits per heavy atom. The highest BCUT2D eigenvalue weighted by molar-refractivity contribution is 7.80. The van der Waals surface area contributed by atoms with Crippen LogP contribution in [0.4, 0.5) is 5.69 Å². The van der Waals surface area contributed by atoms with Crippen LogP contribution >= 0.6 is 35.4 Å². The second-order valence-electron chi connectivity index (χ2n) is 5.58. The first kappa shape index (κ1) is 19.5. The summed E-state index contributed by atoms with van der Waals surface area (Å²) in [6, 6.07) is 10.6. The fourth-order valence-corrected chi connectivity index (χ4v) is 2.68. The maximum absolute atomic E-state index is 12.2. The maximum Gasteiger partial charge on any atom is 0.266 e. The summed E-state index contributed by atoms with van der Waals surface area (Å²) in [5, 5.41) is 6.61. The average Bonchev–Trinajstić information content (AvgIpc) is 2.53. The van der Waals surface area contributed by atoms with Gasteiger partial charge in [-0.05, 0) is 74.4 Å². The Balaban J connectivity index is 1.93. The number of ether oxygens (including phenoxy) is 1. The molecule has 2 N–H and O–H groups in total. The van der Waals surface area contributed by atoms with Crippen LogP contribution in [0.15, 0.2) is 36.4 Å². The lowest BCUT2D eigenvalue weighted by molar-refractivity contribution is -0.125. The van der Waals surface area contributed by atoms with E-state index in [1.54, 1.807) is 25.1 Å². The molecule has 25 heavy (non-hydrogen) atoms. The number of hydrogen-bond donors (Lipinski definition) is 2. The summed E-state index contributed by atoms with van der Waals surface area (Å²) >= 11 is 17.1. The van der Waals surface area contributed by atoms with Gasteiger partial charge in [-0.3, -0.25) is 10.1 Å². The first-order chi connectivity index (χ1) is 11.8. The lowest BCUT2D eigenvalue weighted by atomic mass is 10.1. The summed E-state index contributed by atoms with van der Waals surface area (Å²) in [7, 11) is 0. The molecule has 0 fully saturated rings. The van der Waals surface area contributed by atoms with Gasteiger partial charge in [-0.25, -0.2) is 0 Å². The van der Waals surface area contributed by atoms with E-state index in [-0.39, 0.29) is 11.0 Å². The Labute approximate surface area is 162 Å². The third-order valence-electron chi connectivity index (χ3n) is 3.57. The number of carbonyl (C=O) groups excluding carboxylic acids is 1. The number of thiocarbonyl (C=S) groups is 1. The van der Waals surface area contributed by atoms with Gasteiger partial charge in [0.05, 0.1) is 5.02 Å². The van der Waals surface area contributed by atoms with Crippen LogP contribution in [-0.4, -0.2) is 17.1 Å². The Morgan fingerprint density at radius 2 is 1.84 bits per heavy atom. The van der Waals surface area contributed by atoms with Crippen molar-refractivity contribution in [2.24, 2.45) is 0 Å². The predicted octanol–water partition coefficient (Wildman–Crippen LogP) is 4.89. The van der Waals surface area contributed by atoms with Crippen molar-refractivity contribution >= 4 is 52.1 Å². The Morgan fingerprint density at radius 1 is 1.12 bits per heavy atom. The predicted molar refractivity (Wildman–Crippen MR) is 107 cm³/mol. The highest BCUT2D eigenvalue weighted by Gasteiger charge is 2.17. The lowest BCUT2D eigenvalue weighted by Gasteiger charge is -2.17. The number of aryl methyl sites for hydroxylation is 2. The number of rotatable bonds is 4. The van der Waals surface area contributed by atoms with Crippen molar-refractivity contribution in [1.29, 1.82) is 0 Å². The molecule has 0 saturated carbocycles. The molecule has 7 heteroatoms. The number of nitrogens with one attached hydrogen (secondary N) is 2. The molecule has 0 aliphatic heterocycles. The van der Waals surface area contributed by atoms with E-state index in [2.05, 4.69) is 10.6 Å². The van der Waals surface area contributed by atoms with E-state index in [0.717, 1.165) is 11.3 Å². The molecule has 0 aliphatic carbocycles. The molecule has 1 unspecified atom stereocenters. The van der Waals surface area contributed by atoms with E-state index in [1.165, 1.54) is 5.56 Å². The minimum Gasteiger partial charge on any atom is -0.479 e. The molecule has 0 bridgehead atoms. The fraction of sp³-hybridized carbons (Fsp3) is 0.222. The van der Waals surface area contributed by atoms with Crippen LogP contribution in [0, 0.1) is 13.8 Å². The highest BCUT2D eigenvalue weighted by atomic mass is 35.5. The summed E-state index contributed by atoms with van der Waals surface area (Å²) in [4.78, 5) is 12.2. The van der Waals surface area contributed by atoms with Crippen molar-refractivity contribution in [3.05, 3.63) is 57.6 Å². The van der Waals surface area contributed by atoms with Crippen LogP contribution in [0.5, 0.6) is 5.75 Å². The molecule has 0 saturated heterocycles. The second kappa shape index (κ2) is 8.52. The van der Waals surface area contributed by atoms with E-state index < -0.39 is 6.10 Å². The van der Waals surface area contributed by atoms with Gasteiger partial charge in [-0.1, -0.05) is 29.3 Å². The van der Waals surface area contributed by atoms with Crippen molar-refractivity contribution < 1.29 is 9.53 Å².